The third-order valence-electron chi connectivity index (χ3n) is 1.04. The molecule has 0 amide bonds. The highest BCUT2D eigenvalue weighted by Crippen LogP contribution is 2.08. The lowest BCUT2D eigenvalue weighted by Crippen LogP contribution is -2.10. The summed E-state index contributed by atoms with van der Waals surface area (Å²) in [6, 6.07) is 0. The van der Waals surface area contributed by atoms with E-state index in [4.69, 9.17) is 21.8 Å². The molecule has 0 bridgehead atoms. The van der Waals surface area contributed by atoms with E-state index in [9.17, 15) is 0 Å². The van der Waals surface area contributed by atoms with Gasteiger partial charge in [0, 0.05) is 12.0 Å². The van der Waals surface area contributed by atoms with E-state index in [0.29, 0.717) is 12.8 Å². The Morgan fingerprint density at radius 1 is 1.56 bits per heavy atom. The first-order chi connectivity index (χ1) is 4.16. The molecule has 0 rings (SSSR count). The first-order valence-electron chi connectivity index (χ1n) is 3.09. The number of hydrogen-bond donors (Lipinski definition) is 2. The second-order valence-electron chi connectivity index (χ2n) is 2.19. The lowest BCUT2D eigenvalue weighted by Gasteiger charge is -2.08. The van der Waals surface area contributed by atoms with Crippen LogP contribution in [0.3, 0.4) is 0 Å². The Bertz CT molecular complexity index is 66.1. The van der Waals surface area contributed by atoms with Crippen molar-refractivity contribution >= 4 is 11.6 Å². The molecule has 0 saturated carbocycles. The van der Waals surface area contributed by atoms with Gasteiger partial charge in [-0.15, -0.1) is 11.6 Å². The van der Waals surface area contributed by atoms with Crippen LogP contribution in [0.25, 0.3) is 0 Å². The number of aliphatic hydroxyl groups is 2. The Labute approximate surface area is 60.5 Å². The van der Waals surface area contributed by atoms with Gasteiger partial charge in [0.15, 0.2) is 0 Å². The van der Waals surface area contributed by atoms with Crippen molar-refractivity contribution in [2.45, 2.75) is 31.2 Å². The molecule has 0 aliphatic heterocycles. The molecule has 2 N–H and O–H groups in total. The molecule has 0 saturated heterocycles. The fourth-order valence-corrected chi connectivity index (χ4v) is 0.984. The average Bonchev–Trinajstić information content (AvgIpc) is 1.63. The molecular weight excluding hydrogens is 140 g/mol. The van der Waals surface area contributed by atoms with Gasteiger partial charge >= 0.3 is 0 Å². The summed E-state index contributed by atoms with van der Waals surface area (Å²) in [7, 11) is 0. The molecule has 0 aliphatic rings. The number of halogens is 1. The minimum Gasteiger partial charge on any atom is -0.396 e. The van der Waals surface area contributed by atoms with E-state index in [0.717, 1.165) is 0 Å². The van der Waals surface area contributed by atoms with Crippen molar-refractivity contribution < 1.29 is 10.2 Å². The van der Waals surface area contributed by atoms with Crippen LogP contribution in [0.1, 0.15) is 19.8 Å². The molecule has 2 unspecified atom stereocenters. The van der Waals surface area contributed by atoms with Crippen LogP contribution in [0.15, 0.2) is 0 Å². The number of aliphatic hydroxyl groups excluding tert-OH is 2. The lowest BCUT2D eigenvalue weighted by molar-refractivity contribution is 0.177. The maximum Gasteiger partial charge on any atom is 0.0526 e. The first-order valence-corrected chi connectivity index (χ1v) is 3.53. The van der Waals surface area contributed by atoms with Crippen molar-refractivity contribution in [3.63, 3.8) is 0 Å². The van der Waals surface area contributed by atoms with Gasteiger partial charge in [-0.3, -0.25) is 0 Å². The second-order valence-corrected chi connectivity index (χ2v) is 2.81. The number of alkyl halides is 1. The zero-order chi connectivity index (χ0) is 7.28. The van der Waals surface area contributed by atoms with Gasteiger partial charge in [0.1, 0.15) is 0 Å². The Kier molecular flexibility index (Phi) is 5.15. The highest BCUT2D eigenvalue weighted by Gasteiger charge is 2.06. The lowest BCUT2D eigenvalue weighted by atomic mass is 10.2. The molecule has 0 fully saturated rings. The zero-order valence-corrected chi connectivity index (χ0v) is 6.30. The molecule has 9 heavy (non-hydrogen) atoms. The van der Waals surface area contributed by atoms with Gasteiger partial charge in [-0.25, -0.2) is 0 Å². The summed E-state index contributed by atoms with van der Waals surface area (Å²) in [5.74, 6) is 0. The van der Waals surface area contributed by atoms with Crippen LogP contribution in [0.4, 0.5) is 0 Å². The largest absolute Gasteiger partial charge is 0.396 e. The smallest absolute Gasteiger partial charge is 0.0526 e. The Balaban J connectivity index is 3.15. The van der Waals surface area contributed by atoms with Crippen LogP contribution in [-0.2, 0) is 0 Å². The Morgan fingerprint density at radius 2 is 2.11 bits per heavy atom. The molecule has 0 aromatic heterocycles. The molecule has 2 nitrogen and oxygen atoms in total. The molecule has 0 aromatic rings. The normalized spacial score (nSPS) is 17.3. The van der Waals surface area contributed by atoms with Crippen molar-refractivity contribution in [2.75, 3.05) is 6.61 Å². The summed E-state index contributed by atoms with van der Waals surface area (Å²) in [4.78, 5) is 0. The van der Waals surface area contributed by atoms with Gasteiger partial charge in [0.25, 0.3) is 0 Å². The molecule has 2 atom stereocenters. The molecule has 3 heteroatoms. The minimum absolute atomic E-state index is 0.0880. The van der Waals surface area contributed by atoms with Gasteiger partial charge < -0.3 is 10.2 Å². The third kappa shape index (κ3) is 6.09. The highest BCUT2D eigenvalue weighted by atomic mass is 35.5. The van der Waals surface area contributed by atoms with Gasteiger partial charge in [-0.1, -0.05) is 0 Å². The predicted molar refractivity (Wildman–Crippen MR) is 37.6 cm³/mol. The Morgan fingerprint density at radius 3 is 2.44 bits per heavy atom. The van der Waals surface area contributed by atoms with Crippen LogP contribution in [-0.4, -0.2) is 28.3 Å². The fraction of sp³-hybridized carbons (Fsp3) is 1.00. The third-order valence-corrected chi connectivity index (χ3v) is 1.44. The van der Waals surface area contributed by atoms with E-state index in [-0.39, 0.29) is 18.1 Å². The molecule has 0 heterocycles. The van der Waals surface area contributed by atoms with Gasteiger partial charge in [0.2, 0.25) is 0 Å². The van der Waals surface area contributed by atoms with Gasteiger partial charge in [-0.2, -0.15) is 0 Å². The SMILES string of the molecule is CC(O)CC(Cl)CCO. The summed E-state index contributed by atoms with van der Waals surface area (Å²) in [5.41, 5.74) is 0. The molecule has 0 spiro atoms. The number of hydrogen-bond acceptors (Lipinski definition) is 2. The van der Waals surface area contributed by atoms with Crippen molar-refractivity contribution in [2.24, 2.45) is 0 Å². The van der Waals surface area contributed by atoms with Crippen LogP contribution < -0.4 is 0 Å². The average molecular weight is 153 g/mol. The van der Waals surface area contributed by atoms with E-state index >= 15 is 0 Å². The first kappa shape index (κ1) is 9.21. The van der Waals surface area contributed by atoms with E-state index in [1.54, 1.807) is 6.92 Å². The molecule has 0 aromatic carbocycles. The second kappa shape index (κ2) is 5.03. The predicted octanol–water partition coefficient (Wildman–Crippen LogP) is 0.747. The molecule has 0 aliphatic carbocycles. The van der Waals surface area contributed by atoms with Crippen LogP contribution in [0.5, 0.6) is 0 Å². The molecule has 0 radical (unpaired) electrons. The number of rotatable bonds is 4. The fourth-order valence-electron chi connectivity index (χ4n) is 0.628. The van der Waals surface area contributed by atoms with Crippen molar-refractivity contribution in [3.8, 4) is 0 Å². The maximum absolute atomic E-state index is 8.78. The summed E-state index contributed by atoms with van der Waals surface area (Å²) in [5, 5.41) is 17.1. The summed E-state index contributed by atoms with van der Waals surface area (Å²) in [6.45, 7) is 1.79. The van der Waals surface area contributed by atoms with Crippen molar-refractivity contribution in [1.82, 2.24) is 0 Å². The standard InChI is InChI=1S/C6H13ClO2/c1-5(9)4-6(7)2-3-8/h5-6,8-9H,2-4H2,1H3. The van der Waals surface area contributed by atoms with Gasteiger partial charge in [0.05, 0.1) is 6.10 Å². The van der Waals surface area contributed by atoms with E-state index in [2.05, 4.69) is 0 Å². The topological polar surface area (TPSA) is 40.5 Å². The molecular formula is C6H13ClO2. The summed E-state index contributed by atoms with van der Waals surface area (Å²) >= 11 is 5.66. The van der Waals surface area contributed by atoms with E-state index < -0.39 is 0 Å². The van der Waals surface area contributed by atoms with Crippen LogP contribution in [0.2, 0.25) is 0 Å². The van der Waals surface area contributed by atoms with Gasteiger partial charge in [-0.05, 0) is 19.8 Å². The maximum atomic E-state index is 8.78. The van der Waals surface area contributed by atoms with Crippen LogP contribution in [0, 0.1) is 0 Å². The minimum atomic E-state index is -0.362. The quantitative estimate of drug-likeness (QED) is 0.584. The van der Waals surface area contributed by atoms with E-state index in [1.165, 1.54) is 0 Å². The Hall–Kier alpha value is 0.210. The monoisotopic (exact) mass is 152 g/mol. The highest BCUT2D eigenvalue weighted by molar-refractivity contribution is 6.20. The van der Waals surface area contributed by atoms with Crippen LogP contribution >= 0.6 is 11.6 Å². The molecule has 56 valence electrons. The van der Waals surface area contributed by atoms with E-state index in [1.807, 2.05) is 0 Å². The van der Waals surface area contributed by atoms with Crippen molar-refractivity contribution in [3.05, 3.63) is 0 Å². The zero-order valence-electron chi connectivity index (χ0n) is 5.55. The van der Waals surface area contributed by atoms with Crippen molar-refractivity contribution in [1.29, 1.82) is 0 Å². The summed E-state index contributed by atoms with van der Waals surface area (Å²) in [6.07, 6.45) is 0.758. The summed E-state index contributed by atoms with van der Waals surface area (Å²) < 4.78 is 0.